The molecule has 1 rings (SSSR count). The SMILES string of the molecule is CCC(CN)Nc1cc(OC)ncn1. The highest BCUT2D eigenvalue weighted by molar-refractivity contribution is 5.38. The molecule has 1 aromatic heterocycles. The minimum absolute atomic E-state index is 0.245. The van der Waals surface area contributed by atoms with Crippen molar-refractivity contribution in [1.29, 1.82) is 0 Å². The molecule has 5 heteroatoms. The number of nitrogens with zero attached hydrogens (tertiary/aromatic N) is 2. The van der Waals surface area contributed by atoms with Gasteiger partial charge in [0.25, 0.3) is 0 Å². The predicted molar refractivity (Wildman–Crippen MR) is 55.3 cm³/mol. The van der Waals surface area contributed by atoms with Crippen molar-refractivity contribution < 1.29 is 4.74 Å². The molecule has 1 unspecified atom stereocenters. The van der Waals surface area contributed by atoms with Gasteiger partial charge in [-0.15, -0.1) is 0 Å². The maximum Gasteiger partial charge on any atom is 0.218 e. The van der Waals surface area contributed by atoms with Gasteiger partial charge in [0.1, 0.15) is 12.1 Å². The Hall–Kier alpha value is -1.36. The third kappa shape index (κ3) is 2.85. The van der Waals surface area contributed by atoms with Crippen LogP contribution in [0, 0.1) is 0 Å². The fourth-order valence-corrected chi connectivity index (χ4v) is 1.07. The highest BCUT2D eigenvalue weighted by Gasteiger charge is 2.04. The molecule has 0 saturated carbocycles. The van der Waals surface area contributed by atoms with Crippen LogP contribution in [0.3, 0.4) is 0 Å². The zero-order valence-electron chi connectivity index (χ0n) is 8.53. The van der Waals surface area contributed by atoms with E-state index in [2.05, 4.69) is 22.2 Å². The zero-order valence-corrected chi connectivity index (χ0v) is 8.53. The summed E-state index contributed by atoms with van der Waals surface area (Å²) in [4.78, 5) is 7.98. The van der Waals surface area contributed by atoms with Crippen molar-refractivity contribution in [3.8, 4) is 5.88 Å². The number of anilines is 1. The quantitative estimate of drug-likeness (QED) is 0.722. The summed E-state index contributed by atoms with van der Waals surface area (Å²) >= 11 is 0. The zero-order chi connectivity index (χ0) is 10.4. The lowest BCUT2D eigenvalue weighted by Gasteiger charge is -2.14. The van der Waals surface area contributed by atoms with Gasteiger partial charge in [0.15, 0.2) is 0 Å². The molecule has 0 fully saturated rings. The normalized spacial score (nSPS) is 12.2. The first-order valence-corrected chi connectivity index (χ1v) is 4.62. The molecule has 5 nitrogen and oxygen atoms in total. The highest BCUT2D eigenvalue weighted by atomic mass is 16.5. The van der Waals surface area contributed by atoms with Crippen LogP contribution in [0.15, 0.2) is 12.4 Å². The number of nitrogens with one attached hydrogen (secondary N) is 1. The van der Waals surface area contributed by atoms with Crippen LogP contribution in [0.25, 0.3) is 0 Å². The van der Waals surface area contributed by atoms with Crippen LogP contribution in [0.4, 0.5) is 5.82 Å². The minimum atomic E-state index is 0.245. The Kier molecular flexibility index (Phi) is 4.12. The second-order valence-corrected chi connectivity index (χ2v) is 2.93. The van der Waals surface area contributed by atoms with Gasteiger partial charge in [-0.2, -0.15) is 0 Å². The van der Waals surface area contributed by atoms with Gasteiger partial charge in [-0.3, -0.25) is 0 Å². The number of ether oxygens (including phenoxy) is 1. The molecule has 0 spiro atoms. The van der Waals surface area contributed by atoms with E-state index in [1.54, 1.807) is 13.2 Å². The van der Waals surface area contributed by atoms with Crippen LogP contribution in [0.2, 0.25) is 0 Å². The predicted octanol–water partition coefficient (Wildman–Crippen LogP) is 0.634. The topological polar surface area (TPSA) is 73.1 Å². The molecule has 0 aliphatic heterocycles. The average Bonchev–Trinajstić information content (AvgIpc) is 2.26. The van der Waals surface area contributed by atoms with Crippen molar-refractivity contribution in [2.45, 2.75) is 19.4 Å². The molecular weight excluding hydrogens is 180 g/mol. The molecule has 0 aromatic carbocycles. The Bertz CT molecular complexity index is 275. The van der Waals surface area contributed by atoms with E-state index in [0.717, 1.165) is 12.2 Å². The Balaban J connectivity index is 2.65. The van der Waals surface area contributed by atoms with E-state index in [1.807, 2.05) is 0 Å². The van der Waals surface area contributed by atoms with E-state index in [4.69, 9.17) is 10.5 Å². The summed E-state index contributed by atoms with van der Waals surface area (Å²) in [5.74, 6) is 1.29. The van der Waals surface area contributed by atoms with E-state index >= 15 is 0 Å². The third-order valence-corrected chi connectivity index (χ3v) is 1.98. The van der Waals surface area contributed by atoms with Crippen molar-refractivity contribution in [3.63, 3.8) is 0 Å². The minimum Gasteiger partial charge on any atom is -0.481 e. The van der Waals surface area contributed by atoms with Gasteiger partial charge in [0.05, 0.1) is 7.11 Å². The maximum absolute atomic E-state index is 5.56. The van der Waals surface area contributed by atoms with Crippen molar-refractivity contribution in [1.82, 2.24) is 9.97 Å². The summed E-state index contributed by atoms with van der Waals surface area (Å²) in [6.45, 7) is 2.66. The Labute approximate surface area is 83.7 Å². The molecule has 3 N–H and O–H groups in total. The molecular formula is C9H16N4O. The van der Waals surface area contributed by atoms with Crippen molar-refractivity contribution in [2.75, 3.05) is 19.0 Å². The summed E-state index contributed by atoms with van der Waals surface area (Å²) in [7, 11) is 1.58. The highest BCUT2D eigenvalue weighted by Crippen LogP contribution is 2.11. The average molecular weight is 196 g/mol. The van der Waals surface area contributed by atoms with Crippen LogP contribution in [0.5, 0.6) is 5.88 Å². The number of aromatic nitrogens is 2. The molecule has 1 heterocycles. The van der Waals surface area contributed by atoms with E-state index in [1.165, 1.54) is 6.33 Å². The maximum atomic E-state index is 5.56. The molecule has 0 aliphatic carbocycles. The second-order valence-electron chi connectivity index (χ2n) is 2.93. The molecule has 1 atom stereocenters. The molecule has 78 valence electrons. The van der Waals surface area contributed by atoms with E-state index in [-0.39, 0.29) is 6.04 Å². The lowest BCUT2D eigenvalue weighted by Crippen LogP contribution is -2.28. The fraction of sp³-hybridized carbons (Fsp3) is 0.556. The molecule has 14 heavy (non-hydrogen) atoms. The van der Waals surface area contributed by atoms with E-state index in [0.29, 0.717) is 12.4 Å². The lowest BCUT2D eigenvalue weighted by atomic mass is 10.2. The first-order valence-electron chi connectivity index (χ1n) is 4.62. The van der Waals surface area contributed by atoms with E-state index in [9.17, 15) is 0 Å². The van der Waals surface area contributed by atoms with Crippen molar-refractivity contribution >= 4 is 5.82 Å². The summed E-state index contributed by atoms with van der Waals surface area (Å²) in [5, 5.41) is 3.20. The van der Waals surface area contributed by atoms with Crippen LogP contribution >= 0.6 is 0 Å². The van der Waals surface area contributed by atoms with Crippen molar-refractivity contribution in [3.05, 3.63) is 12.4 Å². The number of rotatable bonds is 5. The molecule has 0 aliphatic rings. The third-order valence-electron chi connectivity index (χ3n) is 1.98. The Morgan fingerprint density at radius 1 is 1.57 bits per heavy atom. The van der Waals surface area contributed by atoms with Gasteiger partial charge in [-0.1, -0.05) is 6.92 Å². The first-order chi connectivity index (χ1) is 6.80. The number of hydrogen-bond donors (Lipinski definition) is 2. The standard InChI is InChI=1S/C9H16N4O/c1-3-7(5-10)13-8-4-9(14-2)12-6-11-8/h4,6-7H,3,5,10H2,1-2H3,(H,11,12,13). The van der Waals surface area contributed by atoms with Gasteiger partial charge < -0.3 is 15.8 Å². The number of methoxy groups -OCH3 is 1. The largest absolute Gasteiger partial charge is 0.481 e. The molecule has 0 saturated heterocycles. The number of hydrogen-bond acceptors (Lipinski definition) is 5. The summed E-state index contributed by atoms with van der Waals surface area (Å²) in [6, 6.07) is 1.99. The lowest BCUT2D eigenvalue weighted by molar-refractivity contribution is 0.397. The van der Waals surface area contributed by atoms with E-state index < -0.39 is 0 Å². The summed E-state index contributed by atoms with van der Waals surface area (Å²) < 4.78 is 4.98. The van der Waals surface area contributed by atoms with Gasteiger partial charge in [0.2, 0.25) is 5.88 Å². The fourth-order valence-electron chi connectivity index (χ4n) is 1.07. The monoisotopic (exact) mass is 196 g/mol. The first kappa shape index (κ1) is 10.7. The smallest absolute Gasteiger partial charge is 0.218 e. The van der Waals surface area contributed by atoms with Gasteiger partial charge in [-0.05, 0) is 6.42 Å². The Morgan fingerprint density at radius 2 is 2.36 bits per heavy atom. The van der Waals surface area contributed by atoms with Gasteiger partial charge >= 0.3 is 0 Å². The molecule has 1 aromatic rings. The van der Waals surface area contributed by atoms with Gasteiger partial charge in [-0.25, -0.2) is 9.97 Å². The van der Waals surface area contributed by atoms with Crippen molar-refractivity contribution in [2.24, 2.45) is 5.73 Å². The second kappa shape index (κ2) is 5.39. The van der Waals surface area contributed by atoms with Gasteiger partial charge in [0, 0.05) is 18.7 Å². The summed E-state index contributed by atoms with van der Waals surface area (Å²) in [5.41, 5.74) is 5.56. The number of nitrogens with two attached hydrogens (primary N) is 1. The summed E-state index contributed by atoms with van der Waals surface area (Å²) in [6.07, 6.45) is 2.42. The molecule has 0 amide bonds. The molecule has 0 radical (unpaired) electrons. The van der Waals surface area contributed by atoms with Crippen LogP contribution < -0.4 is 15.8 Å². The van der Waals surface area contributed by atoms with Crippen LogP contribution in [0.1, 0.15) is 13.3 Å². The van der Waals surface area contributed by atoms with Crippen LogP contribution in [-0.4, -0.2) is 29.7 Å². The van der Waals surface area contributed by atoms with Crippen LogP contribution in [-0.2, 0) is 0 Å². The Morgan fingerprint density at radius 3 is 2.93 bits per heavy atom. The molecule has 0 bridgehead atoms.